The number of aliphatic carboxylic acids is 1. The minimum atomic E-state index is -0.860. The quantitative estimate of drug-likeness (QED) is 0.862. The number of benzene rings is 1. The summed E-state index contributed by atoms with van der Waals surface area (Å²) in [5, 5.41) is 9.07. The molecule has 3 fully saturated rings. The summed E-state index contributed by atoms with van der Waals surface area (Å²) in [4.78, 5) is 23.4. The Labute approximate surface area is 114 Å². The summed E-state index contributed by atoms with van der Waals surface area (Å²) in [6, 6.07) is 2.91. The summed E-state index contributed by atoms with van der Waals surface area (Å²) in [6.07, 6.45) is 1.43. The normalized spacial score (nSPS) is 31.9. The van der Waals surface area contributed by atoms with E-state index < -0.39 is 28.9 Å². The fourth-order valence-electron chi connectivity index (χ4n) is 3.75. The van der Waals surface area contributed by atoms with Crippen molar-refractivity contribution in [1.29, 1.82) is 0 Å². The van der Waals surface area contributed by atoms with E-state index in [1.54, 1.807) is 6.92 Å². The Kier molecular flexibility index (Phi) is 2.56. The summed E-state index contributed by atoms with van der Waals surface area (Å²) in [5.74, 6) is -3.21. The van der Waals surface area contributed by atoms with Crippen molar-refractivity contribution < 1.29 is 23.5 Å². The predicted octanol–water partition coefficient (Wildman–Crippen LogP) is 3.04. The average molecular weight is 280 g/mol. The lowest BCUT2D eigenvalue weighted by atomic mass is 9.32. The second-order valence-electron chi connectivity index (χ2n) is 6.19. The van der Waals surface area contributed by atoms with E-state index in [1.165, 1.54) is 0 Å². The number of Topliss-reactive ketones (excluding diaryl/α,β-unsaturated/α-hetero) is 1. The van der Waals surface area contributed by atoms with E-state index >= 15 is 0 Å². The van der Waals surface area contributed by atoms with Crippen molar-refractivity contribution in [2.75, 3.05) is 0 Å². The summed E-state index contributed by atoms with van der Waals surface area (Å²) in [5.41, 5.74) is -1.08. The highest BCUT2D eigenvalue weighted by molar-refractivity contribution is 5.99. The fourth-order valence-corrected chi connectivity index (χ4v) is 3.75. The molecule has 1 aromatic rings. The maximum atomic E-state index is 13.6. The highest BCUT2D eigenvalue weighted by Gasteiger charge is 2.74. The van der Waals surface area contributed by atoms with Gasteiger partial charge in [-0.05, 0) is 36.8 Å². The average Bonchev–Trinajstić information content (AvgIpc) is 2.23. The molecule has 0 aromatic heterocycles. The molecular weight excluding hydrogens is 266 g/mol. The molecule has 3 aliphatic rings. The monoisotopic (exact) mass is 280 g/mol. The Morgan fingerprint density at radius 3 is 2.35 bits per heavy atom. The van der Waals surface area contributed by atoms with Crippen molar-refractivity contribution in [2.24, 2.45) is 16.7 Å². The third-order valence-corrected chi connectivity index (χ3v) is 5.03. The van der Waals surface area contributed by atoms with E-state index in [0.29, 0.717) is 25.3 Å². The molecule has 20 heavy (non-hydrogen) atoms. The van der Waals surface area contributed by atoms with Gasteiger partial charge in [0.05, 0.1) is 11.0 Å². The second kappa shape index (κ2) is 3.87. The van der Waals surface area contributed by atoms with Crippen LogP contribution in [-0.4, -0.2) is 16.9 Å². The number of carboxylic acids is 1. The zero-order chi connectivity index (χ0) is 14.7. The van der Waals surface area contributed by atoms with Gasteiger partial charge < -0.3 is 5.11 Å². The summed E-state index contributed by atoms with van der Waals surface area (Å²) < 4.78 is 26.5. The van der Waals surface area contributed by atoms with E-state index in [9.17, 15) is 18.4 Å². The lowest BCUT2D eigenvalue weighted by molar-refractivity contribution is -0.233. The van der Waals surface area contributed by atoms with E-state index in [-0.39, 0.29) is 16.8 Å². The van der Waals surface area contributed by atoms with E-state index in [1.807, 2.05) is 0 Å². The molecular formula is C15H14F2O3. The first kappa shape index (κ1) is 13.2. The van der Waals surface area contributed by atoms with Crippen LogP contribution in [0.5, 0.6) is 0 Å². The van der Waals surface area contributed by atoms with Crippen molar-refractivity contribution >= 4 is 11.8 Å². The Balaban J connectivity index is 1.78. The van der Waals surface area contributed by atoms with E-state index in [0.717, 1.165) is 12.1 Å². The molecule has 0 saturated heterocycles. The number of ketones is 1. The van der Waals surface area contributed by atoms with E-state index in [2.05, 4.69) is 0 Å². The Morgan fingerprint density at radius 2 is 1.85 bits per heavy atom. The van der Waals surface area contributed by atoms with Crippen molar-refractivity contribution in [2.45, 2.75) is 26.2 Å². The summed E-state index contributed by atoms with van der Waals surface area (Å²) >= 11 is 0. The molecule has 1 unspecified atom stereocenters. The SMILES string of the molecule is CC(C(=O)c1ccc(F)cc1F)C12CC(C(=O)O)(C1)C2. The number of rotatable bonds is 4. The molecule has 0 aliphatic heterocycles. The topological polar surface area (TPSA) is 54.4 Å². The molecule has 2 bridgehead atoms. The van der Waals surface area contributed by atoms with Crippen LogP contribution in [0.15, 0.2) is 18.2 Å². The minimum Gasteiger partial charge on any atom is -0.481 e. The first-order chi connectivity index (χ1) is 9.30. The molecule has 106 valence electrons. The first-order valence-electron chi connectivity index (χ1n) is 6.52. The first-order valence-corrected chi connectivity index (χ1v) is 6.52. The Bertz CT molecular complexity index is 604. The minimum absolute atomic E-state index is 0.118. The molecule has 3 nitrogen and oxygen atoms in total. The largest absolute Gasteiger partial charge is 0.481 e. The van der Waals surface area contributed by atoms with Crippen LogP contribution in [0.2, 0.25) is 0 Å². The van der Waals surface area contributed by atoms with Crippen LogP contribution in [0, 0.1) is 28.4 Å². The van der Waals surface area contributed by atoms with Gasteiger partial charge in [0.25, 0.3) is 0 Å². The van der Waals surface area contributed by atoms with Gasteiger partial charge in [0.15, 0.2) is 5.78 Å². The van der Waals surface area contributed by atoms with Crippen LogP contribution in [0.1, 0.15) is 36.5 Å². The Hall–Kier alpha value is -1.78. The van der Waals surface area contributed by atoms with Crippen LogP contribution in [-0.2, 0) is 4.79 Å². The number of halogens is 2. The lowest BCUT2D eigenvalue weighted by Gasteiger charge is -2.70. The number of carboxylic acid groups (broad SMARTS) is 1. The Morgan fingerprint density at radius 1 is 1.25 bits per heavy atom. The van der Waals surface area contributed by atoms with Crippen molar-refractivity contribution in [1.82, 2.24) is 0 Å². The van der Waals surface area contributed by atoms with Crippen molar-refractivity contribution in [3.05, 3.63) is 35.4 Å². The number of carbonyl (C=O) groups excluding carboxylic acids is 1. The van der Waals surface area contributed by atoms with Crippen LogP contribution < -0.4 is 0 Å². The molecule has 3 saturated carbocycles. The zero-order valence-electron chi connectivity index (χ0n) is 11.0. The van der Waals surface area contributed by atoms with Gasteiger partial charge in [-0.3, -0.25) is 9.59 Å². The van der Waals surface area contributed by atoms with Gasteiger partial charge in [-0.2, -0.15) is 0 Å². The molecule has 5 heteroatoms. The van der Waals surface area contributed by atoms with Crippen LogP contribution in [0.4, 0.5) is 8.78 Å². The predicted molar refractivity (Wildman–Crippen MR) is 66.2 cm³/mol. The van der Waals surface area contributed by atoms with Gasteiger partial charge in [0.2, 0.25) is 0 Å². The van der Waals surface area contributed by atoms with Crippen LogP contribution in [0.25, 0.3) is 0 Å². The molecule has 0 heterocycles. The van der Waals surface area contributed by atoms with Gasteiger partial charge in [-0.15, -0.1) is 0 Å². The molecule has 4 rings (SSSR count). The van der Waals surface area contributed by atoms with Crippen LogP contribution >= 0.6 is 0 Å². The zero-order valence-corrected chi connectivity index (χ0v) is 11.0. The fraction of sp³-hybridized carbons (Fsp3) is 0.467. The van der Waals surface area contributed by atoms with Crippen LogP contribution in [0.3, 0.4) is 0 Å². The third kappa shape index (κ3) is 1.55. The highest BCUT2D eigenvalue weighted by Crippen LogP contribution is 2.76. The number of hydrogen-bond acceptors (Lipinski definition) is 2. The summed E-state index contributed by atoms with van der Waals surface area (Å²) in [7, 11) is 0. The van der Waals surface area contributed by atoms with Gasteiger partial charge >= 0.3 is 5.97 Å². The summed E-state index contributed by atoms with van der Waals surface area (Å²) in [6.45, 7) is 1.70. The number of carbonyl (C=O) groups is 2. The smallest absolute Gasteiger partial charge is 0.309 e. The maximum absolute atomic E-state index is 13.6. The van der Waals surface area contributed by atoms with Crippen molar-refractivity contribution in [3.8, 4) is 0 Å². The molecule has 1 atom stereocenters. The van der Waals surface area contributed by atoms with Gasteiger partial charge in [0, 0.05) is 12.0 Å². The second-order valence-corrected chi connectivity index (χ2v) is 6.19. The molecule has 1 N–H and O–H groups in total. The third-order valence-electron chi connectivity index (χ3n) is 5.03. The van der Waals surface area contributed by atoms with Gasteiger partial charge in [0.1, 0.15) is 11.6 Å². The maximum Gasteiger partial charge on any atom is 0.309 e. The molecule has 0 spiro atoms. The molecule has 0 radical (unpaired) electrons. The van der Waals surface area contributed by atoms with Gasteiger partial charge in [-0.1, -0.05) is 6.92 Å². The standard InChI is InChI=1S/C15H14F2O3/c1-8(14-5-15(6-14,7-14)13(19)20)12(18)10-3-2-9(16)4-11(10)17/h2-4,8H,5-7H2,1H3,(H,19,20). The van der Waals surface area contributed by atoms with Crippen molar-refractivity contribution in [3.63, 3.8) is 0 Å². The molecule has 3 aliphatic carbocycles. The lowest BCUT2D eigenvalue weighted by Crippen LogP contribution is -2.68. The number of hydrogen-bond donors (Lipinski definition) is 1. The van der Waals surface area contributed by atoms with Gasteiger partial charge in [-0.25, -0.2) is 8.78 Å². The molecule has 0 amide bonds. The highest BCUT2D eigenvalue weighted by atomic mass is 19.1. The molecule has 1 aromatic carbocycles. The van der Waals surface area contributed by atoms with E-state index in [4.69, 9.17) is 5.11 Å².